The van der Waals surface area contributed by atoms with Gasteiger partial charge in [-0.25, -0.2) is 8.42 Å². The summed E-state index contributed by atoms with van der Waals surface area (Å²) < 4.78 is 41.9. The van der Waals surface area contributed by atoms with Crippen LogP contribution in [0.1, 0.15) is 75.5 Å². The first-order chi connectivity index (χ1) is 20.0. The van der Waals surface area contributed by atoms with Gasteiger partial charge in [-0.15, -0.1) is 0 Å². The number of fused-ring (bicyclic) bond motifs is 2. The van der Waals surface area contributed by atoms with Crippen LogP contribution < -0.4 is 4.72 Å². The van der Waals surface area contributed by atoms with Crippen LogP contribution in [0.3, 0.4) is 0 Å². The molecule has 224 valence electrons. The fraction of sp³-hybridized carbons (Fsp3) is 0.471. The Balaban J connectivity index is 1.25. The van der Waals surface area contributed by atoms with Gasteiger partial charge >= 0.3 is 0 Å². The third kappa shape index (κ3) is 6.43. The van der Waals surface area contributed by atoms with Gasteiger partial charge in [-0.2, -0.15) is 0 Å². The highest BCUT2D eigenvalue weighted by Crippen LogP contribution is 2.53. The molecule has 2 N–H and O–H groups in total. The molecular weight excluding hydrogens is 548 g/mol. The average molecular weight is 591 g/mol. The third-order valence-electron chi connectivity index (χ3n) is 9.04. The zero-order valence-corrected chi connectivity index (χ0v) is 25.5. The van der Waals surface area contributed by atoms with Crippen molar-refractivity contribution in [1.82, 2.24) is 4.90 Å². The molecule has 42 heavy (non-hydrogen) atoms. The Bertz CT molecular complexity index is 1490. The lowest BCUT2D eigenvalue weighted by Gasteiger charge is -2.41. The highest BCUT2D eigenvalue weighted by Gasteiger charge is 2.50. The molecule has 3 fully saturated rings. The van der Waals surface area contributed by atoms with E-state index in [0.29, 0.717) is 22.6 Å². The fourth-order valence-electron chi connectivity index (χ4n) is 7.65. The third-order valence-corrected chi connectivity index (χ3v) is 10.4. The Morgan fingerprint density at radius 1 is 0.929 bits per heavy atom. The van der Waals surface area contributed by atoms with Gasteiger partial charge in [0.05, 0.1) is 23.7 Å². The second-order valence-corrected chi connectivity index (χ2v) is 15.2. The van der Waals surface area contributed by atoms with E-state index in [-0.39, 0.29) is 23.7 Å². The monoisotopic (exact) mass is 590 g/mol. The van der Waals surface area contributed by atoms with E-state index >= 15 is 0 Å². The van der Waals surface area contributed by atoms with Crippen LogP contribution in [-0.2, 0) is 26.1 Å². The maximum absolute atomic E-state index is 13.0. The Labute approximate surface area is 249 Å². The van der Waals surface area contributed by atoms with Crippen LogP contribution in [0, 0.1) is 10.8 Å². The molecule has 0 amide bonds. The van der Waals surface area contributed by atoms with Crippen LogP contribution in [0.2, 0.25) is 0 Å². The maximum Gasteiger partial charge on any atom is 0.261 e. The van der Waals surface area contributed by atoms with Crippen molar-refractivity contribution in [1.29, 1.82) is 0 Å². The molecule has 2 heterocycles. The Hall–Kier alpha value is -2.75. The molecule has 2 unspecified atom stereocenters. The lowest BCUT2D eigenvalue weighted by molar-refractivity contribution is -0.253. The molecule has 0 spiro atoms. The van der Waals surface area contributed by atoms with Gasteiger partial charge in [0, 0.05) is 36.8 Å². The molecule has 2 bridgehead atoms. The topological polar surface area (TPSA) is 88.1 Å². The van der Waals surface area contributed by atoms with Crippen LogP contribution in [0.15, 0.2) is 83.8 Å². The fourth-order valence-corrected chi connectivity index (χ4v) is 8.72. The Morgan fingerprint density at radius 2 is 1.69 bits per heavy atom. The molecule has 2 saturated heterocycles. The van der Waals surface area contributed by atoms with Gasteiger partial charge in [-0.1, -0.05) is 75.4 Å². The zero-order valence-electron chi connectivity index (χ0n) is 24.7. The van der Waals surface area contributed by atoms with Gasteiger partial charge in [-0.05, 0) is 65.5 Å². The number of rotatable bonds is 8. The number of nitrogens with one attached hydrogen (secondary N) is 1. The van der Waals surface area contributed by atoms with Crippen molar-refractivity contribution in [3.05, 3.63) is 95.6 Å². The highest BCUT2D eigenvalue weighted by atomic mass is 32.2. The number of hydrogen-bond donors (Lipinski definition) is 2. The molecule has 5 atom stereocenters. The number of ether oxygens (including phenoxy) is 2. The first-order valence-electron chi connectivity index (χ1n) is 14.9. The van der Waals surface area contributed by atoms with Crippen molar-refractivity contribution in [3.63, 3.8) is 0 Å². The standard InChI is InChI=1S/C34H42N2O5S/c1-33(2)18-28-19-34(3,22-33)23-36(28)20-29-17-31(25-14-12-24(21-37)13-15-25)41-32(40-29)26-8-7-9-27(16-26)35-42(38,39)30-10-5-4-6-11-30/h4-16,28-29,31-32,35,37H,17-23H2,1-3H3/t28?,29-,31+,32+,34?/m1/s1. The van der Waals surface area contributed by atoms with E-state index in [1.807, 2.05) is 36.4 Å². The minimum Gasteiger partial charge on any atom is -0.392 e. The molecule has 7 nitrogen and oxygen atoms in total. The summed E-state index contributed by atoms with van der Waals surface area (Å²) in [6.45, 7) is 9.14. The average Bonchev–Trinajstić information content (AvgIpc) is 3.20. The molecule has 3 aliphatic rings. The van der Waals surface area contributed by atoms with Gasteiger partial charge in [0.1, 0.15) is 0 Å². The summed E-state index contributed by atoms with van der Waals surface area (Å²) in [6, 6.07) is 24.1. The largest absolute Gasteiger partial charge is 0.392 e. The molecule has 0 aromatic heterocycles. The number of likely N-dealkylation sites (tertiary alicyclic amines) is 1. The van der Waals surface area contributed by atoms with Gasteiger partial charge in [0.2, 0.25) is 0 Å². The van der Waals surface area contributed by atoms with E-state index in [4.69, 9.17) is 9.47 Å². The maximum atomic E-state index is 13.0. The van der Waals surface area contributed by atoms with Crippen molar-refractivity contribution >= 4 is 15.7 Å². The van der Waals surface area contributed by atoms with E-state index in [1.165, 1.54) is 19.3 Å². The first kappa shape index (κ1) is 29.3. The molecule has 3 aromatic carbocycles. The molecule has 6 rings (SSSR count). The number of aliphatic hydroxyl groups is 1. The summed E-state index contributed by atoms with van der Waals surface area (Å²) in [4.78, 5) is 2.85. The summed E-state index contributed by atoms with van der Waals surface area (Å²) in [7, 11) is -3.73. The van der Waals surface area contributed by atoms with Crippen LogP contribution >= 0.6 is 0 Å². The second-order valence-electron chi connectivity index (χ2n) is 13.5. The van der Waals surface area contributed by atoms with E-state index in [2.05, 4.69) is 30.4 Å². The van der Waals surface area contributed by atoms with Crippen LogP contribution in [0.25, 0.3) is 0 Å². The molecule has 2 aliphatic heterocycles. The zero-order chi connectivity index (χ0) is 29.5. The molecule has 8 heteroatoms. The van der Waals surface area contributed by atoms with Crippen molar-refractivity contribution < 1.29 is 23.0 Å². The SMILES string of the molecule is CC1(C)CC2CC(C)(CN2C[C@H]2C[C@@H](c3ccc(CO)cc3)O[C@@H](c3cccc(NS(=O)(=O)c4ccccc4)c3)O2)C1. The van der Waals surface area contributed by atoms with E-state index in [1.54, 1.807) is 42.5 Å². The van der Waals surface area contributed by atoms with E-state index < -0.39 is 16.3 Å². The minimum absolute atomic E-state index is 0.00267. The summed E-state index contributed by atoms with van der Waals surface area (Å²) in [5.41, 5.74) is 3.80. The number of sulfonamides is 1. The van der Waals surface area contributed by atoms with Gasteiger partial charge in [0.25, 0.3) is 10.0 Å². The van der Waals surface area contributed by atoms with Crippen LogP contribution in [0.4, 0.5) is 5.69 Å². The smallest absolute Gasteiger partial charge is 0.261 e. The number of anilines is 1. The van der Waals surface area contributed by atoms with Gasteiger partial charge in [0.15, 0.2) is 6.29 Å². The van der Waals surface area contributed by atoms with Crippen molar-refractivity contribution in [3.8, 4) is 0 Å². The van der Waals surface area contributed by atoms with E-state index in [0.717, 1.165) is 36.2 Å². The van der Waals surface area contributed by atoms with Crippen LogP contribution in [-0.4, -0.2) is 43.7 Å². The molecule has 0 radical (unpaired) electrons. The quantitative estimate of drug-likeness (QED) is 0.315. The predicted octanol–water partition coefficient (Wildman–Crippen LogP) is 6.43. The van der Waals surface area contributed by atoms with Crippen molar-refractivity contribution in [2.24, 2.45) is 10.8 Å². The number of hydrogen-bond acceptors (Lipinski definition) is 6. The molecule has 1 aliphatic carbocycles. The summed E-state index contributed by atoms with van der Waals surface area (Å²) in [5, 5.41) is 9.54. The number of benzene rings is 3. The second kappa shape index (κ2) is 11.4. The molecular formula is C34H42N2O5S. The predicted molar refractivity (Wildman–Crippen MR) is 163 cm³/mol. The van der Waals surface area contributed by atoms with Crippen molar-refractivity contribution in [2.45, 2.75) is 82.5 Å². The lowest BCUT2D eigenvalue weighted by atomic mass is 9.65. The first-order valence-corrected chi connectivity index (χ1v) is 16.4. The number of nitrogens with zero attached hydrogens (tertiary/aromatic N) is 1. The van der Waals surface area contributed by atoms with E-state index in [9.17, 15) is 13.5 Å². The molecule has 1 saturated carbocycles. The Kier molecular flexibility index (Phi) is 7.96. The summed E-state index contributed by atoms with van der Waals surface area (Å²) in [6.07, 6.45) is 3.50. The summed E-state index contributed by atoms with van der Waals surface area (Å²) >= 11 is 0. The van der Waals surface area contributed by atoms with Crippen molar-refractivity contribution in [2.75, 3.05) is 17.8 Å². The minimum atomic E-state index is -3.73. The highest BCUT2D eigenvalue weighted by molar-refractivity contribution is 7.92. The number of aliphatic hydroxyl groups excluding tert-OH is 1. The van der Waals surface area contributed by atoms with Gasteiger partial charge < -0.3 is 14.6 Å². The lowest BCUT2D eigenvalue weighted by Crippen LogP contribution is -2.42. The normalized spacial score (nSPS) is 29.3. The Morgan fingerprint density at radius 3 is 2.43 bits per heavy atom. The molecule has 3 aromatic rings. The summed E-state index contributed by atoms with van der Waals surface area (Å²) in [5.74, 6) is 0. The van der Waals surface area contributed by atoms with Crippen LogP contribution in [0.5, 0.6) is 0 Å². The van der Waals surface area contributed by atoms with Gasteiger partial charge in [-0.3, -0.25) is 9.62 Å².